The highest BCUT2D eigenvalue weighted by atomic mass is 32.2. The first-order valence-electron chi connectivity index (χ1n) is 5.20. The Balaban J connectivity index is 2.39. The van der Waals surface area contributed by atoms with Gasteiger partial charge < -0.3 is 4.98 Å². The van der Waals surface area contributed by atoms with Crippen LogP contribution in [0.15, 0.2) is 47.5 Å². The molecule has 0 spiro atoms. The van der Waals surface area contributed by atoms with Gasteiger partial charge in [0, 0.05) is 10.8 Å². The van der Waals surface area contributed by atoms with Crippen LogP contribution in [0.5, 0.6) is 0 Å². The number of hydrogen-bond acceptors (Lipinski definition) is 4. The zero-order chi connectivity index (χ0) is 12.8. The number of nitrogens with one attached hydrogen (secondary N) is 1. The van der Waals surface area contributed by atoms with Crippen molar-refractivity contribution in [3.05, 3.63) is 42.5 Å². The summed E-state index contributed by atoms with van der Waals surface area (Å²) in [6, 6.07) is 12.8. The third-order valence-corrected chi connectivity index (χ3v) is 3.82. The van der Waals surface area contributed by atoms with Crippen molar-refractivity contribution in [2.24, 2.45) is 0 Å². The number of hydrogen-bond donors (Lipinski definition) is 2. The molecule has 6 heteroatoms. The second-order valence-corrected chi connectivity index (χ2v) is 5.41. The summed E-state index contributed by atoms with van der Waals surface area (Å²) in [6.45, 7) is 0. The Bertz CT molecular complexity index is 836. The molecule has 2 N–H and O–H groups in total. The lowest BCUT2D eigenvalue weighted by Crippen LogP contribution is -2.02. The third kappa shape index (κ3) is 1.59. The Morgan fingerprint density at radius 1 is 1.06 bits per heavy atom. The second-order valence-electron chi connectivity index (χ2n) is 3.91. The van der Waals surface area contributed by atoms with E-state index in [0.717, 1.165) is 16.2 Å². The van der Waals surface area contributed by atoms with Gasteiger partial charge in [-0.1, -0.05) is 36.4 Å². The van der Waals surface area contributed by atoms with Crippen molar-refractivity contribution in [2.75, 3.05) is 0 Å². The number of benzene rings is 2. The van der Waals surface area contributed by atoms with Gasteiger partial charge in [-0.05, 0) is 11.5 Å². The molecule has 0 fully saturated rings. The van der Waals surface area contributed by atoms with Gasteiger partial charge in [-0.15, -0.1) is 4.33 Å². The van der Waals surface area contributed by atoms with E-state index in [0.29, 0.717) is 5.52 Å². The van der Waals surface area contributed by atoms with Crippen molar-refractivity contribution in [2.45, 2.75) is 5.03 Å². The van der Waals surface area contributed by atoms with Crippen LogP contribution in [0.2, 0.25) is 0 Å². The van der Waals surface area contributed by atoms with Gasteiger partial charge in [0.15, 0.2) is 5.03 Å². The smallest absolute Gasteiger partial charge is 0.338 e. The van der Waals surface area contributed by atoms with Crippen molar-refractivity contribution in [3.8, 4) is 0 Å². The summed E-state index contributed by atoms with van der Waals surface area (Å²) >= 11 is 0. The Morgan fingerprint density at radius 3 is 2.56 bits per heavy atom. The molecule has 0 radical (unpaired) electrons. The monoisotopic (exact) mass is 263 g/mol. The molecule has 3 rings (SSSR count). The maximum atomic E-state index is 11.4. The molecule has 1 heterocycles. The zero-order valence-electron chi connectivity index (χ0n) is 9.12. The van der Waals surface area contributed by atoms with Gasteiger partial charge in [-0.2, -0.15) is 8.42 Å². The summed E-state index contributed by atoms with van der Waals surface area (Å²) in [5.74, 6) is 0. The standard InChI is InChI=1S/C12H9NO4S/c14-17-18(15,16)11-7-9-6-5-8-3-1-2-4-10(8)12(9)13-11/h1-7,13-14H. The van der Waals surface area contributed by atoms with E-state index in [1.165, 1.54) is 6.07 Å². The highest BCUT2D eigenvalue weighted by Gasteiger charge is 2.18. The molecule has 0 unspecified atom stereocenters. The Kier molecular flexibility index (Phi) is 2.37. The van der Waals surface area contributed by atoms with Gasteiger partial charge in [0.2, 0.25) is 0 Å². The number of aromatic amines is 1. The molecule has 0 amide bonds. The van der Waals surface area contributed by atoms with E-state index < -0.39 is 10.1 Å². The highest BCUT2D eigenvalue weighted by molar-refractivity contribution is 7.86. The van der Waals surface area contributed by atoms with Gasteiger partial charge in [-0.3, -0.25) is 0 Å². The molecule has 0 aliphatic rings. The topological polar surface area (TPSA) is 79.4 Å². The van der Waals surface area contributed by atoms with E-state index in [4.69, 9.17) is 5.26 Å². The van der Waals surface area contributed by atoms with E-state index in [1.807, 2.05) is 36.4 Å². The fourth-order valence-corrected chi connectivity index (χ4v) is 2.60. The number of rotatable bonds is 2. The summed E-state index contributed by atoms with van der Waals surface area (Å²) in [4.78, 5) is 2.76. The minimum Gasteiger partial charge on any atom is -0.343 e. The van der Waals surface area contributed by atoms with E-state index in [1.54, 1.807) is 0 Å². The van der Waals surface area contributed by atoms with Crippen molar-refractivity contribution < 1.29 is 18.0 Å². The minimum absolute atomic E-state index is 0.170. The van der Waals surface area contributed by atoms with Crippen LogP contribution in [-0.2, 0) is 14.5 Å². The zero-order valence-corrected chi connectivity index (χ0v) is 9.94. The second kappa shape index (κ2) is 3.81. The van der Waals surface area contributed by atoms with Crippen LogP contribution >= 0.6 is 0 Å². The molecular formula is C12H9NO4S. The van der Waals surface area contributed by atoms with E-state index >= 15 is 0 Å². The molecule has 92 valence electrons. The predicted octanol–water partition coefficient (Wildman–Crippen LogP) is 2.50. The van der Waals surface area contributed by atoms with Crippen LogP contribution in [0.3, 0.4) is 0 Å². The van der Waals surface area contributed by atoms with Crippen LogP contribution < -0.4 is 0 Å². The fraction of sp³-hybridized carbons (Fsp3) is 0. The summed E-state index contributed by atoms with van der Waals surface area (Å²) in [6.07, 6.45) is 0. The molecule has 3 aromatic rings. The molecule has 1 aromatic heterocycles. The predicted molar refractivity (Wildman–Crippen MR) is 66.7 cm³/mol. The molecule has 0 saturated heterocycles. The molecule has 18 heavy (non-hydrogen) atoms. The third-order valence-electron chi connectivity index (χ3n) is 2.86. The van der Waals surface area contributed by atoms with Crippen LogP contribution in [0.1, 0.15) is 0 Å². The Labute approximate surface area is 103 Å². The Morgan fingerprint density at radius 2 is 1.78 bits per heavy atom. The molecule has 2 aromatic carbocycles. The van der Waals surface area contributed by atoms with Crippen LogP contribution in [0.25, 0.3) is 21.7 Å². The molecule has 5 nitrogen and oxygen atoms in total. The molecular weight excluding hydrogens is 254 g/mol. The lowest BCUT2D eigenvalue weighted by atomic mass is 10.1. The minimum atomic E-state index is -4.13. The summed E-state index contributed by atoms with van der Waals surface area (Å²) in [5, 5.41) is 10.9. The van der Waals surface area contributed by atoms with Crippen molar-refractivity contribution in [1.29, 1.82) is 0 Å². The fourth-order valence-electron chi connectivity index (χ4n) is 2.02. The van der Waals surface area contributed by atoms with Gasteiger partial charge in [0.05, 0.1) is 5.52 Å². The van der Waals surface area contributed by atoms with Gasteiger partial charge in [-0.25, -0.2) is 5.26 Å². The molecule has 0 aliphatic heterocycles. The van der Waals surface area contributed by atoms with Gasteiger partial charge in [0.1, 0.15) is 0 Å². The maximum absolute atomic E-state index is 11.4. The lowest BCUT2D eigenvalue weighted by molar-refractivity contribution is -0.130. The van der Waals surface area contributed by atoms with Crippen molar-refractivity contribution in [3.63, 3.8) is 0 Å². The van der Waals surface area contributed by atoms with Crippen molar-refractivity contribution in [1.82, 2.24) is 4.98 Å². The summed E-state index contributed by atoms with van der Waals surface area (Å²) in [5.41, 5.74) is 0.698. The lowest BCUT2D eigenvalue weighted by Gasteiger charge is -1.98. The average Bonchev–Trinajstić information content (AvgIpc) is 2.84. The number of fused-ring (bicyclic) bond motifs is 3. The number of H-pyrrole nitrogens is 1. The van der Waals surface area contributed by atoms with Crippen LogP contribution in [-0.4, -0.2) is 18.7 Å². The molecule has 0 atom stereocenters. The van der Waals surface area contributed by atoms with E-state index in [-0.39, 0.29) is 5.03 Å². The maximum Gasteiger partial charge on any atom is 0.338 e. The van der Waals surface area contributed by atoms with Gasteiger partial charge in [0.25, 0.3) is 0 Å². The quantitative estimate of drug-likeness (QED) is 0.550. The summed E-state index contributed by atoms with van der Waals surface area (Å²) < 4.78 is 26.3. The van der Waals surface area contributed by atoms with Crippen LogP contribution in [0.4, 0.5) is 0 Å². The first-order chi connectivity index (χ1) is 8.62. The first kappa shape index (κ1) is 11.2. The molecule has 0 aliphatic carbocycles. The van der Waals surface area contributed by atoms with Gasteiger partial charge >= 0.3 is 10.1 Å². The molecule has 0 saturated carbocycles. The summed E-state index contributed by atoms with van der Waals surface area (Å²) in [7, 11) is -4.13. The number of aromatic nitrogens is 1. The van der Waals surface area contributed by atoms with Crippen molar-refractivity contribution >= 4 is 31.8 Å². The highest BCUT2D eigenvalue weighted by Crippen LogP contribution is 2.27. The van der Waals surface area contributed by atoms with Crippen LogP contribution in [0, 0.1) is 0 Å². The van der Waals surface area contributed by atoms with E-state index in [9.17, 15) is 8.42 Å². The normalized spacial score (nSPS) is 12.3. The largest absolute Gasteiger partial charge is 0.343 e. The Hall–Kier alpha value is -1.89. The SMILES string of the molecule is O=S(=O)(OO)c1cc2ccc3ccccc3c2[nH]1. The average molecular weight is 263 g/mol. The van der Waals surface area contributed by atoms with E-state index in [2.05, 4.69) is 9.32 Å². The first-order valence-corrected chi connectivity index (χ1v) is 6.61. The molecule has 0 bridgehead atoms.